The van der Waals surface area contributed by atoms with Crippen molar-refractivity contribution < 1.29 is 0 Å². The van der Waals surface area contributed by atoms with Crippen LogP contribution in [0.3, 0.4) is 0 Å². The minimum absolute atomic E-state index is 0.817. The highest BCUT2D eigenvalue weighted by Gasteiger charge is 1.95. The number of thioether (sulfide) groups is 1. The Morgan fingerprint density at radius 3 is 2.53 bits per heavy atom. The van der Waals surface area contributed by atoms with E-state index in [1.54, 1.807) is 11.8 Å². The van der Waals surface area contributed by atoms with Gasteiger partial charge in [0.15, 0.2) is 0 Å². The normalized spacial score (nSPS) is 10.2. The molecule has 2 aromatic rings. The Labute approximate surface area is 114 Å². The van der Waals surface area contributed by atoms with E-state index in [-0.39, 0.29) is 0 Å². The predicted molar refractivity (Wildman–Crippen MR) is 77.5 cm³/mol. The lowest BCUT2D eigenvalue weighted by atomic mass is 10.2. The first-order chi connectivity index (χ1) is 8.28. The van der Waals surface area contributed by atoms with Gasteiger partial charge in [-0.1, -0.05) is 12.1 Å². The zero-order valence-electron chi connectivity index (χ0n) is 9.48. The molecule has 0 atom stereocenters. The second-order valence-electron chi connectivity index (χ2n) is 3.57. The van der Waals surface area contributed by atoms with Gasteiger partial charge >= 0.3 is 0 Å². The first-order valence-corrected chi connectivity index (χ1v) is 7.28. The Morgan fingerprint density at radius 2 is 1.94 bits per heavy atom. The van der Waals surface area contributed by atoms with Gasteiger partial charge < -0.3 is 5.32 Å². The molecule has 0 aliphatic rings. The molecule has 1 N–H and O–H groups in total. The summed E-state index contributed by atoms with van der Waals surface area (Å²) < 4.78 is 0.854. The summed E-state index contributed by atoms with van der Waals surface area (Å²) in [6.45, 7) is 0.817. The van der Waals surface area contributed by atoms with Gasteiger partial charge in [-0.05, 0) is 52.0 Å². The highest BCUT2D eigenvalue weighted by molar-refractivity contribution is 9.10. The van der Waals surface area contributed by atoms with Crippen LogP contribution in [0.5, 0.6) is 0 Å². The van der Waals surface area contributed by atoms with Crippen molar-refractivity contribution >= 4 is 33.4 Å². The highest BCUT2D eigenvalue weighted by Crippen LogP contribution is 2.16. The molecule has 0 unspecified atom stereocenters. The summed E-state index contributed by atoms with van der Waals surface area (Å²) in [6.07, 6.45) is 3.90. The Kier molecular flexibility index (Phi) is 4.45. The number of hydrogen-bond donors (Lipinski definition) is 1. The Bertz CT molecular complexity index is 468. The van der Waals surface area contributed by atoms with E-state index in [1.807, 2.05) is 18.3 Å². The van der Waals surface area contributed by atoms with E-state index in [0.29, 0.717) is 0 Å². The molecule has 0 saturated carbocycles. The van der Waals surface area contributed by atoms with Crippen LogP contribution in [0.15, 0.2) is 52.1 Å². The number of nitrogens with one attached hydrogen (secondary N) is 1. The molecule has 2 rings (SSSR count). The van der Waals surface area contributed by atoms with E-state index in [4.69, 9.17) is 0 Å². The second-order valence-corrected chi connectivity index (χ2v) is 5.26. The smallest absolute Gasteiger partial charge is 0.106 e. The van der Waals surface area contributed by atoms with Crippen molar-refractivity contribution in [3.8, 4) is 0 Å². The molecule has 0 saturated heterocycles. The molecule has 0 aliphatic carbocycles. The third-order valence-corrected chi connectivity index (χ3v) is 3.60. The minimum atomic E-state index is 0.817. The van der Waals surface area contributed by atoms with Gasteiger partial charge in [0, 0.05) is 11.4 Å². The fourth-order valence-corrected chi connectivity index (χ4v) is 2.07. The minimum Gasteiger partial charge on any atom is -0.380 e. The van der Waals surface area contributed by atoms with Gasteiger partial charge in [-0.3, -0.25) is 0 Å². The molecule has 0 aliphatic heterocycles. The van der Waals surface area contributed by atoms with Crippen molar-refractivity contribution in [2.24, 2.45) is 0 Å². The van der Waals surface area contributed by atoms with Crippen LogP contribution in [0.25, 0.3) is 0 Å². The van der Waals surface area contributed by atoms with E-state index >= 15 is 0 Å². The van der Waals surface area contributed by atoms with Gasteiger partial charge in [0.1, 0.15) is 4.60 Å². The monoisotopic (exact) mass is 308 g/mol. The molecule has 2 nitrogen and oxygen atoms in total. The van der Waals surface area contributed by atoms with E-state index in [1.165, 1.54) is 10.5 Å². The third-order valence-electron chi connectivity index (χ3n) is 2.38. The number of pyridine rings is 1. The maximum Gasteiger partial charge on any atom is 0.106 e. The van der Waals surface area contributed by atoms with E-state index in [2.05, 4.69) is 56.8 Å². The summed E-state index contributed by atoms with van der Waals surface area (Å²) in [5.74, 6) is 0. The molecular formula is C13H13BrN2S. The molecule has 0 amide bonds. The van der Waals surface area contributed by atoms with Crippen LogP contribution in [0.1, 0.15) is 5.56 Å². The van der Waals surface area contributed by atoms with E-state index < -0.39 is 0 Å². The zero-order valence-corrected chi connectivity index (χ0v) is 11.9. The van der Waals surface area contributed by atoms with Crippen LogP contribution < -0.4 is 5.32 Å². The number of hydrogen-bond acceptors (Lipinski definition) is 3. The van der Waals surface area contributed by atoms with Crippen molar-refractivity contribution in [2.75, 3.05) is 11.6 Å². The summed E-state index contributed by atoms with van der Waals surface area (Å²) >= 11 is 5.07. The van der Waals surface area contributed by atoms with Crippen molar-refractivity contribution in [3.63, 3.8) is 0 Å². The molecule has 17 heavy (non-hydrogen) atoms. The predicted octanol–water partition coefficient (Wildman–Crippen LogP) is 4.18. The maximum atomic E-state index is 4.17. The lowest BCUT2D eigenvalue weighted by Crippen LogP contribution is -1.99. The largest absolute Gasteiger partial charge is 0.380 e. The number of anilines is 1. The second kappa shape index (κ2) is 6.07. The Balaban J connectivity index is 1.95. The molecular weight excluding hydrogens is 296 g/mol. The molecule has 0 bridgehead atoms. The van der Waals surface area contributed by atoms with Gasteiger partial charge in [0.05, 0.1) is 11.9 Å². The molecule has 1 heterocycles. The van der Waals surface area contributed by atoms with Crippen molar-refractivity contribution in [1.29, 1.82) is 0 Å². The lowest BCUT2D eigenvalue weighted by molar-refractivity contribution is 1.12. The first-order valence-electron chi connectivity index (χ1n) is 5.26. The standard InChI is InChI=1S/C13H13BrN2S/c1-17-12-5-2-10(3-6-12)8-15-11-4-7-13(14)16-9-11/h2-7,9,15H,8H2,1H3. The van der Waals surface area contributed by atoms with Crippen LogP contribution in [0, 0.1) is 0 Å². The highest BCUT2D eigenvalue weighted by atomic mass is 79.9. The lowest BCUT2D eigenvalue weighted by Gasteiger charge is -2.06. The van der Waals surface area contributed by atoms with Crippen LogP contribution in [-0.4, -0.2) is 11.2 Å². The average molecular weight is 309 g/mol. The number of nitrogens with zero attached hydrogens (tertiary/aromatic N) is 1. The Morgan fingerprint density at radius 1 is 1.18 bits per heavy atom. The quantitative estimate of drug-likeness (QED) is 0.677. The number of rotatable bonds is 4. The van der Waals surface area contributed by atoms with Crippen LogP contribution in [0.4, 0.5) is 5.69 Å². The van der Waals surface area contributed by atoms with E-state index in [0.717, 1.165) is 16.8 Å². The number of halogens is 1. The maximum absolute atomic E-state index is 4.17. The fourth-order valence-electron chi connectivity index (χ4n) is 1.43. The van der Waals surface area contributed by atoms with Crippen LogP contribution in [-0.2, 0) is 6.54 Å². The molecule has 88 valence electrons. The summed E-state index contributed by atoms with van der Waals surface area (Å²) in [5.41, 5.74) is 2.30. The summed E-state index contributed by atoms with van der Waals surface area (Å²) in [7, 11) is 0. The van der Waals surface area contributed by atoms with Gasteiger partial charge in [0.2, 0.25) is 0 Å². The molecule has 4 heteroatoms. The number of aromatic nitrogens is 1. The van der Waals surface area contributed by atoms with E-state index in [9.17, 15) is 0 Å². The topological polar surface area (TPSA) is 24.9 Å². The van der Waals surface area contributed by atoms with Gasteiger partial charge in [-0.25, -0.2) is 4.98 Å². The third kappa shape index (κ3) is 3.75. The summed E-state index contributed by atoms with van der Waals surface area (Å²) in [6, 6.07) is 12.5. The van der Waals surface area contributed by atoms with Gasteiger partial charge in [-0.2, -0.15) is 0 Å². The van der Waals surface area contributed by atoms with Crippen molar-refractivity contribution in [3.05, 3.63) is 52.8 Å². The zero-order chi connectivity index (χ0) is 12.1. The summed E-state index contributed by atoms with van der Waals surface area (Å²) in [5, 5.41) is 3.34. The SMILES string of the molecule is CSc1ccc(CNc2ccc(Br)nc2)cc1. The van der Waals surface area contributed by atoms with Crippen LogP contribution in [0.2, 0.25) is 0 Å². The molecule has 0 radical (unpaired) electrons. The van der Waals surface area contributed by atoms with Crippen LogP contribution >= 0.6 is 27.7 Å². The van der Waals surface area contributed by atoms with Crippen molar-refractivity contribution in [1.82, 2.24) is 4.98 Å². The van der Waals surface area contributed by atoms with Gasteiger partial charge in [0.25, 0.3) is 0 Å². The van der Waals surface area contributed by atoms with Gasteiger partial charge in [-0.15, -0.1) is 11.8 Å². The first kappa shape index (κ1) is 12.5. The average Bonchev–Trinajstić information content (AvgIpc) is 2.39. The Hall–Kier alpha value is -1.00. The van der Waals surface area contributed by atoms with Crippen molar-refractivity contribution in [2.45, 2.75) is 11.4 Å². The fraction of sp³-hybridized carbons (Fsp3) is 0.154. The molecule has 1 aromatic carbocycles. The molecule has 0 fully saturated rings. The number of benzene rings is 1. The molecule has 0 spiro atoms. The summed E-state index contributed by atoms with van der Waals surface area (Å²) in [4.78, 5) is 5.46. The molecule has 1 aromatic heterocycles.